The van der Waals surface area contributed by atoms with Crippen molar-refractivity contribution in [2.45, 2.75) is 58.8 Å². The van der Waals surface area contributed by atoms with Gasteiger partial charge in [0, 0.05) is 6.08 Å². The highest BCUT2D eigenvalue weighted by Crippen LogP contribution is 2.14. The molecule has 2 nitrogen and oxygen atoms in total. The molecule has 0 rings (SSSR count). The predicted molar refractivity (Wildman–Crippen MR) is 68.3 cm³/mol. The van der Waals surface area contributed by atoms with Crippen molar-refractivity contribution >= 4 is 5.97 Å². The van der Waals surface area contributed by atoms with Crippen LogP contribution in [0.25, 0.3) is 0 Å². The second kappa shape index (κ2) is 10.7. The van der Waals surface area contributed by atoms with Crippen molar-refractivity contribution < 1.29 is 9.53 Å². The summed E-state index contributed by atoms with van der Waals surface area (Å²) in [6, 6.07) is 0. The van der Waals surface area contributed by atoms with Gasteiger partial charge in [-0.3, -0.25) is 0 Å². The van der Waals surface area contributed by atoms with E-state index in [2.05, 4.69) is 18.6 Å². The average Bonchev–Trinajstić information content (AvgIpc) is 2.28. The van der Waals surface area contributed by atoms with E-state index < -0.39 is 0 Å². The lowest BCUT2D eigenvalue weighted by Crippen LogP contribution is -1.96. The molecular weight excluding hydrogens is 200 g/mol. The molecule has 94 valence electrons. The minimum Gasteiger partial charge on any atom is -0.466 e. The number of carbonyl (C=O) groups is 1. The number of ether oxygens (including phenoxy) is 1. The fourth-order valence-electron chi connectivity index (χ4n) is 1.68. The molecule has 0 bridgehead atoms. The van der Waals surface area contributed by atoms with Gasteiger partial charge in [0.1, 0.15) is 0 Å². The normalized spacial score (nSPS) is 12.9. The maximum absolute atomic E-state index is 10.8. The Labute approximate surface area is 100 Å². The van der Waals surface area contributed by atoms with Crippen molar-refractivity contribution in [1.29, 1.82) is 0 Å². The first-order valence-corrected chi connectivity index (χ1v) is 6.45. The maximum Gasteiger partial charge on any atom is 0.330 e. The Hall–Kier alpha value is -0.790. The van der Waals surface area contributed by atoms with Crippen LogP contribution in [0.3, 0.4) is 0 Å². The van der Waals surface area contributed by atoms with Gasteiger partial charge in [0.25, 0.3) is 0 Å². The fourth-order valence-corrected chi connectivity index (χ4v) is 1.68. The standard InChI is InChI=1S/C14H26O2/c1-4-5-6-7-8-10-13(2)11-9-12-14(15)16-3/h9,12-13H,4-8,10-11H2,1-3H3/b12-9+/t13-/m0/s1. The number of esters is 1. The van der Waals surface area contributed by atoms with Gasteiger partial charge in [0.15, 0.2) is 0 Å². The molecule has 0 fully saturated rings. The molecule has 0 saturated heterocycles. The second-order valence-corrected chi connectivity index (χ2v) is 4.47. The summed E-state index contributed by atoms with van der Waals surface area (Å²) >= 11 is 0. The van der Waals surface area contributed by atoms with Crippen molar-refractivity contribution in [3.8, 4) is 0 Å². The van der Waals surface area contributed by atoms with Gasteiger partial charge in [0.2, 0.25) is 0 Å². The van der Waals surface area contributed by atoms with Crippen LogP contribution in [0.5, 0.6) is 0 Å². The third-order valence-electron chi connectivity index (χ3n) is 2.79. The third kappa shape index (κ3) is 9.75. The molecule has 16 heavy (non-hydrogen) atoms. The Morgan fingerprint density at radius 3 is 2.56 bits per heavy atom. The molecule has 0 spiro atoms. The van der Waals surface area contributed by atoms with Crippen LogP contribution in [0.1, 0.15) is 58.8 Å². The highest BCUT2D eigenvalue weighted by Gasteiger charge is 2.00. The minimum atomic E-state index is -0.254. The highest BCUT2D eigenvalue weighted by molar-refractivity contribution is 5.81. The lowest BCUT2D eigenvalue weighted by molar-refractivity contribution is -0.134. The van der Waals surface area contributed by atoms with Crippen LogP contribution >= 0.6 is 0 Å². The molecule has 0 amide bonds. The largest absolute Gasteiger partial charge is 0.466 e. The number of methoxy groups -OCH3 is 1. The Morgan fingerprint density at radius 2 is 1.94 bits per heavy atom. The Bertz CT molecular complexity index is 197. The summed E-state index contributed by atoms with van der Waals surface area (Å²) in [5, 5.41) is 0. The molecule has 0 radical (unpaired) electrons. The molecule has 0 aromatic rings. The van der Waals surface area contributed by atoms with Crippen LogP contribution in [-0.4, -0.2) is 13.1 Å². The van der Waals surface area contributed by atoms with Crippen LogP contribution in [0.4, 0.5) is 0 Å². The van der Waals surface area contributed by atoms with Gasteiger partial charge in [0.05, 0.1) is 7.11 Å². The van der Waals surface area contributed by atoms with Crippen molar-refractivity contribution in [2.24, 2.45) is 5.92 Å². The van der Waals surface area contributed by atoms with Crippen LogP contribution in [0, 0.1) is 5.92 Å². The summed E-state index contributed by atoms with van der Waals surface area (Å²) in [7, 11) is 1.41. The summed E-state index contributed by atoms with van der Waals surface area (Å²) in [5.41, 5.74) is 0. The van der Waals surface area contributed by atoms with Crippen molar-refractivity contribution in [2.75, 3.05) is 7.11 Å². The second-order valence-electron chi connectivity index (χ2n) is 4.47. The van der Waals surface area contributed by atoms with E-state index in [9.17, 15) is 4.79 Å². The van der Waals surface area contributed by atoms with Gasteiger partial charge in [-0.1, -0.05) is 58.4 Å². The fraction of sp³-hybridized carbons (Fsp3) is 0.786. The number of carbonyl (C=O) groups excluding carboxylic acids is 1. The zero-order chi connectivity index (χ0) is 12.2. The zero-order valence-corrected chi connectivity index (χ0v) is 11.0. The molecule has 0 aliphatic heterocycles. The molecule has 0 aromatic carbocycles. The third-order valence-corrected chi connectivity index (χ3v) is 2.79. The molecule has 0 aliphatic rings. The molecular formula is C14H26O2. The Kier molecular flexibility index (Phi) is 10.2. The van der Waals surface area contributed by atoms with Crippen molar-refractivity contribution in [3.63, 3.8) is 0 Å². The molecule has 0 unspecified atom stereocenters. The van der Waals surface area contributed by atoms with Crippen LogP contribution in [-0.2, 0) is 9.53 Å². The molecule has 0 saturated carbocycles. The van der Waals surface area contributed by atoms with Gasteiger partial charge in [-0.25, -0.2) is 4.79 Å². The van der Waals surface area contributed by atoms with Crippen molar-refractivity contribution in [1.82, 2.24) is 0 Å². The van der Waals surface area contributed by atoms with E-state index >= 15 is 0 Å². The summed E-state index contributed by atoms with van der Waals surface area (Å²) in [6.45, 7) is 4.47. The summed E-state index contributed by atoms with van der Waals surface area (Å²) in [4.78, 5) is 10.8. The molecule has 0 aliphatic carbocycles. The molecule has 2 heteroatoms. The zero-order valence-electron chi connectivity index (χ0n) is 11.0. The Balaban J connectivity index is 3.40. The summed E-state index contributed by atoms with van der Waals surface area (Å²) < 4.78 is 4.53. The minimum absolute atomic E-state index is 0.254. The van der Waals surface area contributed by atoms with Crippen LogP contribution < -0.4 is 0 Å². The number of hydrogen-bond acceptors (Lipinski definition) is 2. The first-order valence-electron chi connectivity index (χ1n) is 6.45. The van der Waals surface area contributed by atoms with E-state index in [1.165, 1.54) is 51.7 Å². The lowest BCUT2D eigenvalue weighted by Gasteiger charge is -2.07. The molecule has 0 heterocycles. The van der Waals surface area contributed by atoms with Gasteiger partial charge < -0.3 is 4.74 Å². The van der Waals surface area contributed by atoms with Gasteiger partial charge in [-0.2, -0.15) is 0 Å². The number of unbranched alkanes of at least 4 members (excludes halogenated alkanes) is 4. The topological polar surface area (TPSA) is 26.3 Å². The first-order chi connectivity index (χ1) is 7.70. The quantitative estimate of drug-likeness (QED) is 0.336. The Morgan fingerprint density at radius 1 is 1.25 bits per heavy atom. The van der Waals surface area contributed by atoms with E-state index in [1.54, 1.807) is 0 Å². The predicted octanol–water partition coefficient (Wildman–Crippen LogP) is 4.10. The van der Waals surface area contributed by atoms with E-state index in [-0.39, 0.29) is 5.97 Å². The van der Waals surface area contributed by atoms with Crippen LogP contribution in [0.15, 0.2) is 12.2 Å². The van der Waals surface area contributed by atoms with Crippen LogP contribution in [0.2, 0.25) is 0 Å². The van der Waals surface area contributed by atoms with E-state index in [0.717, 1.165) is 6.42 Å². The molecule has 0 N–H and O–H groups in total. The van der Waals surface area contributed by atoms with Gasteiger partial charge in [-0.05, 0) is 12.3 Å². The van der Waals surface area contributed by atoms with Gasteiger partial charge >= 0.3 is 5.97 Å². The first kappa shape index (κ1) is 15.2. The van der Waals surface area contributed by atoms with Gasteiger partial charge in [-0.15, -0.1) is 0 Å². The monoisotopic (exact) mass is 226 g/mol. The van der Waals surface area contributed by atoms with E-state index in [0.29, 0.717) is 5.92 Å². The summed E-state index contributed by atoms with van der Waals surface area (Å²) in [6.07, 6.45) is 12.4. The average molecular weight is 226 g/mol. The number of rotatable bonds is 9. The smallest absolute Gasteiger partial charge is 0.330 e. The van der Waals surface area contributed by atoms with Crippen molar-refractivity contribution in [3.05, 3.63) is 12.2 Å². The maximum atomic E-state index is 10.8. The van der Waals surface area contributed by atoms with E-state index in [4.69, 9.17) is 0 Å². The lowest BCUT2D eigenvalue weighted by atomic mass is 9.99. The van der Waals surface area contributed by atoms with E-state index in [1.807, 2.05) is 6.08 Å². The number of allylic oxidation sites excluding steroid dienone is 1. The molecule has 1 atom stereocenters. The summed E-state index contributed by atoms with van der Waals surface area (Å²) in [5.74, 6) is 0.415. The molecule has 0 aromatic heterocycles. The highest BCUT2D eigenvalue weighted by atomic mass is 16.5. The SMILES string of the molecule is CCCCCCC[C@H](C)C/C=C/C(=O)OC. The number of hydrogen-bond donors (Lipinski definition) is 0.